The molecule has 2 fully saturated rings. The number of benzene rings is 1. The van der Waals surface area contributed by atoms with Crippen LogP contribution in [0.15, 0.2) is 59.9 Å². The predicted octanol–water partition coefficient (Wildman–Crippen LogP) is 4.91. The Morgan fingerprint density at radius 3 is 2.49 bits per heavy atom. The van der Waals surface area contributed by atoms with Crippen LogP contribution in [0.2, 0.25) is 0 Å². The standard InChI is InChI=1S/C28H39N5O.C2H5N/c1-5-17-34-28-22(4)21(3)27(18-30-28)33-14-11-24(6-2)26(20-33)31-25-9-7-23(8-10-25)19-32-15-12-29-13-16-32;1-2-3/h6-10,18,29H,5,11-17,19-20H2,1-4H3;2H,1,3H2/b24-6-,31-26?;. The van der Waals surface area contributed by atoms with Gasteiger partial charge in [0.1, 0.15) is 0 Å². The van der Waals surface area contributed by atoms with E-state index < -0.39 is 0 Å². The van der Waals surface area contributed by atoms with Crippen molar-refractivity contribution in [3.8, 4) is 5.88 Å². The normalized spacial score (nSPS) is 18.4. The zero-order valence-electron chi connectivity index (χ0n) is 23.1. The fourth-order valence-electron chi connectivity index (χ4n) is 4.67. The highest BCUT2D eigenvalue weighted by molar-refractivity contribution is 6.05. The zero-order chi connectivity index (χ0) is 26.6. The molecule has 0 saturated carbocycles. The third-order valence-corrected chi connectivity index (χ3v) is 6.88. The first-order chi connectivity index (χ1) is 18.0. The maximum absolute atomic E-state index is 5.83. The smallest absolute Gasteiger partial charge is 0.216 e. The Morgan fingerprint density at radius 2 is 1.84 bits per heavy atom. The highest BCUT2D eigenvalue weighted by Gasteiger charge is 2.23. The van der Waals surface area contributed by atoms with Crippen LogP contribution >= 0.6 is 0 Å². The second kappa shape index (κ2) is 14.5. The van der Waals surface area contributed by atoms with Crippen LogP contribution in [0.4, 0.5) is 11.4 Å². The largest absolute Gasteiger partial charge is 0.477 e. The van der Waals surface area contributed by atoms with E-state index >= 15 is 0 Å². The topological polar surface area (TPSA) is 79.0 Å². The molecule has 0 atom stereocenters. The number of nitrogens with zero attached hydrogens (tertiary/aromatic N) is 4. The maximum Gasteiger partial charge on any atom is 0.216 e. The van der Waals surface area contributed by atoms with Crippen molar-refractivity contribution in [1.82, 2.24) is 15.2 Å². The summed E-state index contributed by atoms with van der Waals surface area (Å²) in [5.41, 5.74) is 13.0. The van der Waals surface area contributed by atoms with E-state index in [2.05, 4.69) is 90.4 Å². The van der Waals surface area contributed by atoms with Crippen molar-refractivity contribution in [2.24, 2.45) is 10.7 Å². The van der Waals surface area contributed by atoms with Crippen LogP contribution in [0.5, 0.6) is 5.88 Å². The molecule has 3 N–H and O–H groups in total. The number of nitrogens with two attached hydrogens (primary N) is 1. The molecule has 0 radical (unpaired) electrons. The number of aromatic nitrogens is 1. The van der Waals surface area contributed by atoms with Gasteiger partial charge in [-0.05, 0) is 68.6 Å². The van der Waals surface area contributed by atoms with Gasteiger partial charge in [-0.2, -0.15) is 0 Å². The minimum absolute atomic E-state index is 0.700. The fraction of sp³-hybridized carbons (Fsp3) is 0.467. The van der Waals surface area contributed by atoms with Crippen molar-refractivity contribution in [1.29, 1.82) is 0 Å². The maximum atomic E-state index is 5.83. The SMILES string of the molecule is C/C=C1/CCN(c2cnc(OCCC)c(C)c2C)CC1=Nc1ccc(CN2CCNCC2)cc1.C=CN. The summed E-state index contributed by atoms with van der Waals surface area (Å²) < 4.78 is 5.83. The van der Waals surface area contributed by atoms with Crippen LogP contribution in [-0.4, -0.2) is 61.5 Å². The Balaban J connectivity index is 0.00000121. The van der Waals surface area contributed by atoms with Gasteiger partial charge in [-0.15, -0.1) is 0 Å². The highest BCUT2D eigenvalue weighted by Crippen LogP contribution is 2.31. The number of aliphatic imine (C=N–C) groups is 1. The second-order valence-electron chi connectivity index (χ2n) is 9.52. The predicted molar refractivity (Wildman–Crippen MR) is 156 cm³/mol. The minimum Gasteiger partial charge on any atom is -0.477 e. The molecule has 2 aliphatic heterocycles. The lowest BCUT2D eigenvalue weighted by Crippen LogP contribution is -2.42. The van der Waals surface area contributed by atoms with Gasteiger partial charge in [0, 0.05) is 44.8 Å². The van der Waals surface area contributed by atoms with Crippen LogP contribution in [-0.2, 0) is 6.54 Å². The molecule has 0 amide bonds. The fourth-order valence-corrected chi connectivity index (χ4v) is 4.67. The quantitative estimate of drug-likeness (QED) is 0.558. The van der Waals surface area contributed by atoms with E-state index in [1.165, 1.54) is 28.6 Å². The van der Waals surface area contributed by atoms with Crippen LogP contribution in [0.25, 0.3) is 0 Å². The van der Waals surface area contributed by atoms with Crippen LogP contribution in [0.3, 0.4) is 0 Å². The molecule has 3 heterocycles. The number of hydrogen-bond acceptors (Lipinski definition) is 7. The van der Waals surface area contributed by atoms with Gasteiger partial charge < -0.3 is 20.7 Å². The zero-order valence-corrected chi connectivity index (χ0v) is 23.1. The molecule has 2 aliphatic rings. The molecule has 0 unspecified atom stereocenters. The van der Waals surface area contributed by atoms with Crippen LogP contribution in [0, 0.1) is 13.8 Å². The molecular weight excluding hydrogens is 460 g/mol. The van der Waals surface area contributed by atoms with E-state index in [0.29, 0.717) is 6.61 Å². The lowest BCUT2D eigenvalue weighted by molar-refractivity contribution is 0.233. The average molecular weight is 505 g/mol. The van der Waals surface area contributed by atoms with E-state index in [9.17, 15) is 0 Å². The molecule has 4 rings (SSSR count). The van der Waals surface area contributed by atoms with E-state index in [1.807, 2.05) is 6.20 Å². The Kier molecular flexibility index (Phi) is 11.2. The Bertz CT molecular complexity index is 1070. The number of rotatable bonds is 7. The molecular formula is C30H44N6O. The van der Waals surface area contributed by atoms with Gasteiger partial charge in [-0.3, -0.25) is 9.89 Å². The average Bonchev–Trinajstić information content (AvgIpc) is 2.92. The molecule has 0 aliphatic carbocycles. The lowest BCUT2D eigenvalue weighted by atomic mass is 9.99. The summed E-state index contributed by atoms with van der Waals surface area (Å²) in [5.74, 6) is 0.754. The molecule has 2 saturated heterocycles. The van der Waals surface area contributed by atoms with E-state index in [-0.39, 0.29) is 0 Å². The van der Waals surface area contributed by atoms with Crippen molar-refractivity contribution < 1.29 is 4.74 Å². The summed E-state index contributed by atoms with van der Waals surface area (Å²) in [5, 5.41) is 3.42. The number of pyridine rings is 1. The molecule has 37 heavy (non-hydrogen) atoms. The summed E-state index contributed by atoms with van der Waals surface area (Å²) in [4.78, 5) is 14.6. The van der Waals surface area contributed by atoms with Crippen molar-refractivity contribution in [3.05, 3.63) is 71.6 Å². The summed E-state index contributed by atoms with van der Waals surface area (Å²) in [6, 6.07) is 8.77. The number of ether oxygens (including phenoxy) is 1. The molecule has 7 heteroatoms. The van der Waals surface area contributed by atoms with Crippen LogP contribution in [0.1, 0.15) is 43.4 Å². The number of anilines is 1. The highest BCUT2D eigenvalue weighted by atomic mass is 16.5. The minimum atomic E-state index is 0.700. The third-order valence-electron chi connectivity index (χ3n) is 6.88. The molecule has 7 nitrogen and oxygen atoms in total. The van der Waals surface area contributed by atoms with Crippen molar-refractivity contribution in [2.45, 2.75) is 47.1 Å². The molecule has 1 aromatic heterocycles. The second-order valence-corrected chi connectivity index (χ2v) is 9.52. The number of nitrogens with one attached hydrogen (secondary N) is 1. The summed E-state index contributed by atoms with van der Waals surface area (Å²) in [6.07, 6.45) is 7.41. The monoisotopic (exact) mass is 504 g/mol. The number of piperazine rings is 1. The Morgan fingerprint density at radius 1 is 1.14 bits per heavy atom. The number of allylic oxidation sites excluding steroid dienone is 1. The van der Waals surface area contributed by atoms with Gasteiger partial charge in [0.2, 0.25) is 5.88 Å². The van der Waals surface area contributed by atoms with Crippen molar-refractivity contribution in [2.75, 3.05) is 50.8 Å². The van der Waals surface area contributed by atoms with E-state index in [4.69, 9.17) is 9.73 Å². The van der Waals surface area contributed by atoms with Gasteiger partial charge in [0.15, 0.2) is 0 Å². The number of piperidine rings is 1. The first-order valence-corrected chi connectivity index (χ1v) is 13.4. The van der Waals surface area contributed by atoms with Gasteiger partial charge in [-0.25, -0.2) is 4.98 Å². The third kappa shape index (κ3) is 7.91. The lowest BCUT2D eigenvalue weighted by Gasteiger charge is -2.33. The van der Waals surface area contributed by atoms with E-state index in [0.717, 1.165) is 81.5 Å². The first kappa shape index (κ1) is 28.4. The van der Waals surface area contributed by atoms with Crippen LogP contribution < -0.4 is 20.7 Å². The van der Waals surface area contributed by atoms with Gasteiger partial charge in [0.25, 0.3) is 0 Å². The summed E-state index contributed by atoms with van der Waals surface area (Å²) in [7, 11) is 0. The Labute approximate surface area is 223 Å². The van der Waals surface area contributed by atoms with Crippen molar-refractivity contribution in [3.63, 3.8) is 0 Å². The van der Waals surface area contributed by atoms with E-state index in [1.54, 1.807) is 0 Å². The molecule has 0 spiro atoms. The molecule has 200 valence electrons. The Hall–Kier alpha value is -3.16. The summed E-state index contributed by atoms with van der Waals surface area (Å²) in [6.45, 7) is 19.5. The van der Waals surface area contributed by atoms with Gasteiger partial charge >= 0.3 is 0 Å². The van der Waals surface area contributed by atoms with Gasteiger partial charge in [-0.1, -0.05) is 31.7 Å². The molecule has 2 aromatic rings. The summed E-state index contributed by atoms with van der Waals surface area (Å²) >= 11 is 0. The van der Waals surface area contributed by atoms with Gasteiger partial charge in [0.05, 0.1) is 36.4 Å². The van der Waals surface area contributed by atoms with Crippen molar-refractivity contribution >= 4 is 17.1 Å². The molecule has 1 aromatic carbocycles. The molecule has 0 bridgehead atoms. The first-order valence-electron chi connectivity index (χ1n) is 13.4. The number of hydrogen-bond donors (Lipinski definition) is 2.